The van der Waals surface area contributed by atoms with Gasteiger partial charge < -0.3 is 5.73 Å². The number of anilines is 1. The minimum atomic E-state index is -0.556. The average molecular weight is 240 g/mol. The Morgan fingerprint density at radius 2 is 2.22 bits per heavy atom. The van der Waals surface area contributed by atoms with Gasteiger partial charge in [-0.2, -0.15) is 5.26 Å². The Hall–Kier alpha value is -2.74. The second-order valence-corrected chi connectivity index (χ2v) is 3.54. The van der Waals surface area contributed by atoms with Crippen molar-refractivity contribution in [3.8, 4) is 17.5 Å². The second-order valence-electron chi connectivity index (χ2n) is 3.54. The molecule has 0 radical (unpaired) electrons. The van der Waals surface area contributed by atoms with E-state index in [9.17, 15) is 4.39 Å². The predicted octanol–water partition coefficient (Wildman–Crippen LogP) is 2.38. The Bertz CT molecular complexity index is 659. The SMILES string of the molecule is C=Cc1cnc(-c2ccc(C#N)cc2F)nc1N. The highest BCUT2D eigenvalue weighted by molar-refractivity contribution is 5.64. The van der Waals surface area contributed by atoms with Crippen LogP contribution in [0.25, 0.3) is 17.5 Å². The number of hydrogen-bond acceptors (Lipinski definition) is 4. The molecule has 1 heterocycles. The first kappa shape index (κ1) is 11.7. The molecule has 1 aromatic carbocycles. The van der Waals surface area contributed by atoms with Gasteiger partial charge in [-0.05, 0) is 18.2 Å². The molecular formula is C13H9FN4. The van der Waals surface area contributed by atoms with Crippen molar-refractivity contribution in [2.24, 2.45) is 0 Å². The van der Waals surface area contributed by atoms with Crippen LogP contribution in [0.1, 0.15) is 11.1 Å². The van der Waals surface area contributed by atoms with Gasteiger partial charge in [-0.1, -0.05) is 12.7 Å². The van der Waals surface area contributed by atoms with E-state index in [1.54, 1.807) is 0 Å². The molecule has 0 saturated carbocycles. The Morgan fingerprint density at radius 3 is 2.78 bits per heavy atom. The lowest BCUT2D eigenvalue weighted by Gasteiger charge is -2.04. The largest absolute Gasteiger partial charge is 0.383 e. The molecule has 0 unspecified atom stereocenters. The number of nitrogen functional groups attached to an aromatic ring is 1. The molecule has 1 aromatic heterocycles. The molecule has 0 atom stereocenters. The summed E-state index contributed by atoms with van der Waals surface area (Å²) in [7, 11) is 0. The maximum atomic E-state index is 13.7. The molecule has 0 aliphatic heterocycles. The van der Waals surface area contributed by atoms with Crippen LogP contribution in [0.5, 0.6) is 0 Å². The van der Waals surface area contributed by atoms with Crippen LogP contribution in [0, 0.1) is 17.1 Å². The molecule has 0 aliphatic rings. The van der Waals surface area contributed by atoms with Crippen LogP contribution in [0.15, 0.2) is 31.0 Å². The topological polar surface area (TPSA) is 75.6 Å². The Morgan fingerprint density at radius 1 is 1.44 bits per heavy atom. The van der Waals surface area contributed by atoms with Crippen molar-refractivity contribution in [3.63, 3.8) is 0 Å². The molecule has 88 valence electrons. The van der Waals surface area contributed by atoms with Gasteiger partial charge in [0, 0.05) is 11.8 Å². The van der Waals surface area contributed by atoms with E-state index in [1.807, 2.05) is 6.07 Å². The van der Waals surface area contributed by atoms with Crippen LogP contribution in [-0.4, -0.2) is 9.97 Å². The van der Waals surface area contributed by atoms with Gasteiger partial charge in [-0.15, -0.1) is 0 Å². The third-order valence-corrected chi connectivity index (χ3v) is 2.41. The van der Waals surface area contributed by atoms with Crippen LogP contribution < -0.4 is 5.73 Å². The molecule has 2 rings (SSSR count). The highest BCUT2D eigenvalue weighted by Gasteiger charge is 2.10. The fraction of sp³-hybridized carbons (Fsp3) is 0. The fourth-order valence-electron chi connectivity index (χ4n) is 1.46. The number of nitrogens with two attached hydrogens (primary N) is 1. The standard InChI is InChI=1S/C13H9FN4/c1-2-9-7-17-13(18-12(9)16)10-4-3-8(6-15)5-11(10)14/h2-5,7H,1H2,(H2,16,17,18). The van der Waals surface area contributed by atoms with E-state index in [2.05, 4.69) is 16.5 Å². The molecule has 0 amide bonds. The lowest BCUT2D eigenvalue weighted by atomic mass is 10.1. The van der Waals surface area contributed by atoms with E-state index in [0.29, 0.717) is 5.56 Å². The first-order valence-electron chi connectivity index (χ1n) is 5.10. The molecular weight excluding hydrogens is 231 g/mol. The molecule has 0 fully saturated rings. The van der Waals surface area contributed by atoms with E-state index in [-0.39, 0.29) is 22.8 Å². The van der Waals surface area contributed by atoms with Crippen molar-refractivity contribution in [2.45, 2.75) is 0 Å². The zero-order valence-electron chi connectivity index (χ0n) is 9.39. The summed E-state index contributed by atoms with van der Waals surface area (Å²) >= 11 is 0. The summed E-state index contributed by atoms with van der Waals surface area (Å²) in [6, 6.07) is 5.95. The van der Waals surface area contributed by atoms with E-state index >= 15 is 0 Å². The number of halogens is 1. The Labute approximate surface area is 103 Å². The number of aromatic nitrogens is 2. The molecule has 0 spiro atoms. The minimum Gasteiger partial charge on any atom is -0.383 e. The maximum Gasteiger partial charge on any atom is 0.164 e. The van der Waals surface area contributed by atoms with Gasteiger partial charge in [0.05, 0.1) is 17.2 Å². The summed E-state index contributed by atoms with van der Waals surface area (Å²) < 4.78 is 13.7. The average Bonchev–Trinajstić information content (AvgIpc) is 2.38. The van der Waals surface area contributed by atoms with Crippen molar-refractivity contribution in [1.82, 2.24) is 9.97 Å². The van der Waals surface area contributed by atoms with Gasteiger partial charge in [0.1, 0.15) is 11.6 Å². The summed E-state index contributed by atoms with van der Waals surface area (Å²) in [5.74, 6) is -0.140. The second kappa shape index (κ2) is 4.63. The summed E-state index contributed by atoms with van der Waals surface area (Å²) in [6.07, 6.45) is 3.00. The van der Waals surface area contributed by atoms with E-state index in [0.717, 1.165) is 6.07 Å². The van der Waals surface area contributed by atoms with Gasteiger partial charge in [0.25, 0.3) is 0 Å². The molecule has 18 heavy (non-hydrogen) atoms. The molecule has 0 bridgehead atoms. The quantitative estimate of drug-likeness (QED) is 0.874. The molecule has 0 saturated heterocycles. The summed E-state index contributed by atoms with van der Waals surface area (Å²) in [5, 5.41) is 8.66. The summed E-state index contributed by atoms with van der Waals surface area (Å²) in [4.78, 5) is 8.01. The van der Waals surface area contributed by atoms with E-state index in [1.165, 1.54) is 24.4 Å². The van der Waals surface area contributed by atoms with E-state index < -0.39 is 5.82 Å². The van der Waals surface area contributed by atoms with E-state index in [4.69, 9.17) is 11.0 Å². The van der Waals surface area contributed by atoms with Crippen LogP contribution in [0.2, 0.25) is 0 Å². The van der Waals surface area contributed by atoms with Gasteiger partial charge in [0.15, 0.2) is 5.82 Å². The van der Waals surface area contributed by atoms with Gasteiger partial charge in [-0.3, -0.25) is 0 Å². The van der Waals surface area contributed by atoms with Crippen LogP contribution in [-0.2, 0) is 0 Å². The van der Waals surface area contributed by atoms with Gasteiger partial charge >= 0.3 is 0 Å². The summed E-state index contributed by atoms with van der Waals surface area (Å²) in [6.45, 7) is 3.56. The van der Waals surface area contributed by atoms with Crippen molar-refractivity contribution in [1.29, 1.82) is 5.26 Å². The molecule has 2 N–H and O–H groups in total. The number of nitriles is 1. The maximum absolute atomic E-state index is 13.7. The normalized spacial score (nSPS) is 9.78. The number of benzene rings is 1. The van der Waals surface area contributed by atoms with Crippen molar-refractivity contribution in [3.05, 3.63) is 47.9 Å². The molecule has 0 aliphatic carbocycles. The van der Waals surface area contributed by atoms with Crippen molar-refractivity contribution < 1.29 is 4.39 Å². The van der Waals surface area contributed by atoms with Gasteiger partial charge in [-0.25, -0.2) is 14.4 Å². The molecule has 4 nitrogen and oxygen atoms in total. The third-order valence-electron chi connectivity index (χ3n) is 2.41. The number of hydrogen-bond donors (Lipinski definition) is 1. The molecule has 5 heteroatoms. The smallest absolute Gasteiger partial charge is 0.164 e. The van der Waals surface area contributed by atoms with Crippen LogP contribution in [0.3, 0.4) is 0 Å². The zero-order chi connectivity index (χ0) is 13.1. The lowest BCUT2D eigenvalue weighted by molar-refractivity contribution is 0.629. The van der Waals surface area contributed by atoms with Crippen molar-refractivity contribution in [2.75, 3.05) is 5.73 Å². The van der Waals surface area contributed by atoms with Gasteiger partial charge in [0.2, 0.25) is 0 Å². The first-order valence-corrected chi connectivity index (χ1v) is 5.10. The molecule has 2 aromatic rings. The Kier molecular flexibility index (Phi) is 3.02. The monoisotopic (exact) mass is 240 g/mol. The predicted molar refractivity (Wildman–Crippen MR) is 66.6 cm³/mol. The lowest BCUT2D eigenvalue weighted by Crippen LogP contribution is -1.99. The highest BCUT2D eigenvalue weighted by Crippen LogP contribution is 2.22. The highest BCUT2D eigenvalue weighted by atomic mass is 19.1. The Balaban J connectivity index is 2.53. The van der Waals surface area contributed by atoms with Crippen LogP contribution >= 0.6 is 0 Å². The van der Waals surface area contributed by atoms with Crippen molar-refractivity contribution >= 4 is 11.9 Å². The first-order chi connectivity index (χ1) is 8.65. The number of rotatable bonds is 2. The fourth-order valence-corrected chi connectivity index (χ4v) is 1.46. The third kappa shape index (κ3) is 2.04. The summed E-state index contributed by atoms with van der Waals surface area (Å²) in [5.41, 5.74) is 6.72. The minimum absolute atomic E-state index is 0.181. The zero-order valence-corrected chi connectivity index (χ0v) is 9.39. The number of nitrogens with zero attached hydrogens (tertiary/aromatic N) is 3. The van der Waals surface area contributed by atoms with Crippen LogP contribution in [0.4, 0.5) is 10.2 Å².